The van der Waals surface area contributed by atoms with Gasteiger partial charge in [-0.2, -0.15) is 0 Å². The average Bonchev–Trinajstić information content (AvgIpc) is 3.30. The van der Waals surface area contributed by atoms with Crippen LogP contribution in [0.4, 0.5) is 0 Å². The van der Waals surface area contributed by atoms with Crippen molar-refractivity contribution in [2.24, 2.45) is 0 Å². The normalized spacial score (nSPS) is 13.1. The maximum absolute atomic E-state index is 12.8. The molecular formula is C57H98O8. The maximum atomic E-state index is 12.8. The molecule has 0 amide bonds. The lowest BCUT2D eigenvalue weighted by molar-refractivity contribution is -0.267. The molecule has 65 heavy (non-hydrogen) atoms. The third-order valence-corrected chi connectivity index (χ3v) is 11.4. The molecule has 0 radical (unpaired) electrons. The predicted octanol–water partition coefficient (Wildman–Crippen LogP) is 16.9. The van der Waals surface area contributed by atoms with Gasteiger partial charge >= 0.3 is 17.9 Å². The van der Waals surface area contributed by atoms with E-state index in [1.807, 2.05) is 18.2 Å². The number of rotatable bonds is 48. The van der Waals surface area contributed by atoms with E-state index >= 15 is 0 Å². The summed E-state index contributed by atoms with van der Waals surface area (Å²) in [5, 5.41) is 9.06. The van der Waals surface area contributed by atoms with Crippen molar-refractivity contribution in [2.75, 3.05) is 13.2 Å². The van der Waals surface area contributed by atoms with Gasteiger partial charge in [-0.05, 0) is 103 Å². The molecule has 0 spiro atoms. The minimum Gasteiger partial charge on any atom is -0.462 e. The Kier molecular flexibility index (Phi) is 49.2. The highest BCUT2D eigenvalue weighted by molar-refractivity contribution is 5.71. The van der Waals surface area contributed by atoms with Crippen molar-refractivity contribution in [3.8, 4) is 0 Å². The molecule has 1 unspecified atom stereocenters. The summed E-state index contributed by atoms with van der Waals surface area (Å²) in [6, 6.07) is 0. The second-order valence-electron chi connectivity index (χ2n) is 17.7. The maximum Gasteiger partial charge on any atom is 0.306 e. The van der Waals surface area contributed by atoms with E-state index in [1.54, 1.807) is 0 Å². The third kappa shape index (κ3) is 48.5. The first-order chi connectivity index (χ1) is 32.0. The largest absolute Gasteiger partial charge is 0.462 e. The Morgan fingerprint density at radius 2 is 0.785 bits per heavy atom. The molecule has 0 aromatic rings. The van der Waals surface area contributed by atoms with Gasteiger partial charge in [0.2, 0.25) is 0 Å². The molecule has 8 nitrogen and oxygen atoms in total. The summed E-state index contributed by atoms with van der Waals surface area (Å²) in [6.45, 7) is 6.39. The van der Waals surface area contributed by atoms with E-state index in [2.05, 4.69) is 80.3 Å². The molecule has 0 saturated carbocycles. The number of carbonyl (C=O) groups is 3. The average molecular weight is 911 g/mol. The van der Waals surface area contributed by atoms with Gasteiger partial charge in [0.05, 0.1) is 0 Å². The summed E-state index contributed by atoms with van der Waals surface area (Å²) in [6.07, 6.45) is 60.3. The van der Waals surface area contributed by atoms with E-state index < -0.39 is 6.10 Å². The lowest BCUT2D eigenvalue weighted by Crippen LogP contribution is -2.30. The van der Waals surface area contributed by atoms with Crippen molar-refractivity contribution in [3.05, 3.63) is 72.9 Å². The summed E-state index contributed by atoms with van der Waals surface area (Å²) in [7, 11) is 0. The first-order valence-electron chi connectivity index (χ1n) is 26.7. The summed E-state index contributed by atoms with van der Waals surface area (Å²) in [5.74, 6) is -0.990. The lowest BCUT2D eigenvalue weighted by Gasteiger charge is -2.18. The van der Waals surface area contributed by atoms with Crippen LogP contribution >= 0.6 is 0 Å². The monoisotopic (exact) mass is 911 g/mol. The zero-order valence-electron chi connectivity index (χ0n) is 42.1. The Bertz CT molecular complexity index is 1250. The van der Waals surface area contributed by atoms with Crippen molar-refractivity contribution in [3.63, 3.8) is 0 Å². The molecular weight excluding hydrogens is 813 g/mol. The molecule has 0 heterocycles. The second-order valence-corrected chi connectivity index (χ2v) is 17.7. The van der Waals surface area contributed by atoms with Crippen molar-refractivity contribution in [1.82, 2.24) is 0 Å². The van der Waals surface area contributed by atoms with Crippen LogP contribution in [-0.2, 0) is 33.5 Å². The van der Waals surface area contributed by atoms with Crippen molar-refractivity contribution >= 4 is 17.9 Å². The van der Waals surface area contributed by atoms with E-state index in [4.69, 9.17) is 19.5 Å². The highest BCUT2D eigenvalue weighted by Gasteiger charge is 2.19. The third-order valence-electron chi connectivity index (χ3n) is 11.4. The Morgan fingerprint density at radius 1 is 0.415 bits per heavy atom. The summed E-state index contributed by atoms with van der Waals surface area (Å²) < 4.78 is 16.8. The van der Waals surface area contributed by atoms with Gasteiger partial charge < -0.3 is 14.2 Å². The zero-order valence-corrected chi connectivity index (χ0v) is 42.1. The van der Waals surface area contributed by atoms with Crippen LogP contribution < -0.4 is 0 Å². The number of unbranched alkanes of at least 4 members (excludes halogenated alkanes) is 23. The van der Waals surface area contributed by atoms with Crippen LogP contribution in [-0.4, -0.2) is 48.6 Å². The smallest absolute Gasteiger partial charge is 0.306 e. The summed E-state index contributed by atoms with van der Waals surface area (Å²) >= 11 is 0. The number of esters is 3. The fourth-order valence-electron chi connectivity index (χ4n) is 7.24. The van der Waals surface area contributed by atoms with Gasteiger partial charge in [0.1, 0.15) is 19.3 Å². The molecule has 0 aromatic carbocycles. The molecule has 2 atom stereocenters. The molecule has 0 saturated heterocycles. The number of ether oxygens (including phenoxy) is 3. The molecule has 0 fully saturated rings. The summed E-state index contributed by atoms with van der Waals surface area (Å²) in [5.41, 5.74) is 0. The van der Waals surface area contributed by atoms with Crippen LogP contribution in [0.3, 0.4) is 0 Å². The first-order valence-corrected chi connectivity index (χ1v) is 26.7. The standard InChI is InChI=1S/C57H98O8/c1-4-7-10-12-14-16-18-20-22-24-26-30-34-38-43-48-55(58)62-51-54(64-57(60)50-45-40-36-31-27-25-23-21-19-17-15-13-11-8-5-2)52-63-56(59)49-44-39-35-32-28-29-33-37-42-47-53(65-61)46-41-9-6-3/h14-17,20-23,33,37,42,47,53-54,61H,4-13,18-19,24-32,34-36,38-41,43-46,48-52H2,1-3H3/b16-14-,17-15-,22-20-,23-21-,37-33-,47-42+/t53-,54?/m0/s1. The zero-order chi connectivity index (χ0) is 47.4. The molecule has 0 aromatic heterocycles. The molecule has 0 aliphatic rings. The summed E-state index contributed by atoms with van der Waals surface area (Å²) in [4.78, 5) is 42.6. The fraction of sp³-hybridized carbons (Fsp3) is 0.737. The molecule has 1 N–H and O–H groups in total. The van der Waals surface area contributed by atoms with Crippen LogP contribution in [0.15, 0.2) is 72.9 Å². The predicted molar refractivity (Wildman–Crippen MR) is 273 cm³/mol. The van der Waals surface area contributed by atoms with E-state index in [-0.39, 0.29) is 37.2 Å². The Morgan fingerprint density at radius 3 is 1.22 bits per heavy atom. The van der Waals surface area contributed by atoms with Gasteiger partial charge in [0.15, 0.2) is 6.10 Å². The van der Waals surface area contributed by atoms with Crippen LogP contribution in [0.5, 0.6) is 0 Å². The molecule has 0 aliphatic carbocycles. The molecule has 0 bridgehead atoms. The Hall–Kier alpha value is -3.23. The van der Waals surface area contributed by atoms with Gasteiger partial charge in [-0.3, -0.25) is 19.6 Å². The first kappa shape index (κ1) is 61.8. The van der Waals surface area contributed by atoms with Crippen molar-refractivity contribution in [2.45, 2.75) is 258 Å². The lowest BCUT2D eigenvalue weighted by atomic mass is 10.1. The Balaban J connectivity index is 4.53. The van der Waals surface area contributed by atoms with Gasteiger partial charge in [-0.15, -0.1) is 0 Å². The van der Waals surface area contributed by atoms with E-state index in [9.17, 15) is 14.4 Å². The minimum absolute atomic E-state index is 0.112. The number of allylic oxidation sites excluding steroid dienone is 11. The minimum atomic E-state index is -0.816. The number of carbonyl (C=O) groups excluding carboxylic acids is 3. The molecule has 374 valence electrons. The fourth-order valence-corrected chi connectivity index (χ4v) is 7.24. The van der Waals surface area contributed by atoms with Gasteiger partial charge in [-0.1, -0.05) is 196 Å². The van der Waals surface area contributed by atoms with Gasteiger partial charge in [0.25, 0.3) is 0 Å². The highest BCUT2D eigenvalue weighted by atomic mass is 17.1. The van der Waals surface area contributed by atoms with Crippen LogP contribution in [0, 0.1) is 0 Å². The topological polar surface area (TPSA) is 108 Å². The number of hydrogen-bond donors (Lipinski definition) is 1. The van der Waals surface area contributed by atoms with Crippen molar-refractivity contribution < 1.29 is 38.7 Å². The van der Waals surface area contributed by atoms with Crippen LogP contribution in [0.25, 0.3) is 0 Å². The van der Waals surface area contributed by atoms with E-state index in [0.29, 0.717) is 19.3 Å². The van der Waals surface area contributed by atoms with E-state index in [1.165, 1.54) is 51.4 Å². The SMILES string of the molecule is CCCCC/C=C\C/C=C\CCCCCCCC(=O)OCC(COC(=O)CCCCCCC/C=C\C=C\[C@H](CCCCC)OO)OC(=O)CCCCCCC/C=C\C/C=C\CCCCC. The van der Waals surface area contributed by atoms with E-state index in [0.717, 1.165) is 154 Å². The van der Waals surface area contributed by atoms with Gasteiger partial charge in [-0.25, -0.2) is 4.89 Å². The molecule has 0 rings (SSSR count). The highest BCUT2D eigenvalue weighted by Crippen LogP contribution is 2.14. The Labute approximate surface area is 399 Å². The molecule has 0 aliphatic heterocycles. The number of hydrogen-bond acceptors (Lipinski definition) is 8. The van der Waals surface area contributed by atoms with Gasteiger partial charge in [0, 0.05) is 19.3 Å². The molecule has 8 heteroatoms. The van der Waals surface area contributed by atoms with Crippen LogP contribution in [0.1, 0.15) is 245 Å². The second kappa shape index (κ2) is 51.7. The van der Waals surface area contributed by atoms with Crippen molar-refractivity contribution in [1.29, 1.82) is 0 Å². The quantitative estimate of drug-likeness (QED) is 0.0122. The van der Waals surface area contributed by atoms with Crippen LogP contribution in [0.2, 0.25) is 0 Å².